The van der Waals surface area contributed by atoms with Crippen molar-refractivity contribution in [3.05, 3.63) is 59.3 Å². The zero-order valence-corrected chi connectivity index (χ0v) is 15.8. The number of aromatic amines is 1. The number of halogens is 1. The first-order chi connectivity index (χ1) is 14.5. The number of carbonyl (C=O) groups is 2. The molecule has 8 heteroatoms. The van der Waals surface area contributed by atoms with Crippen molar-refractivity contribution in [3.8, 4) is 11.5 Å². The number of carboxylic acid groups (broad SMARTS) is 1. The van der Waals surface area contributed by atoms with Crippen LogP contribution < -0.4 is 9.47 Å². The van der Waals surface area contributed by atoms with E-state index in [9.17, 15) is 14.7 Å². The maximum absolute atomic E-state index is 12.8. The Hall–Kier alpha value is -3.19. The van der Waals surface area contributed by atoms with Gasteiger partial charge in [-0.05, 0) is 29.3 Å². The van der Waals surface area contributed by atoms with Gasteiger partial charge in [-0.1, -0.05) is 24.3 Å². The number of carbonyl (C=O) groups excluding carboxylic acids is 1. The van der Waals surface area contributed by atoms with Crippen LogP contribution in [0.15, 0.2) is 42.5 Å². The fourth-order valence-electron chi connectivity index (χ4n) is 4.22. The summed E-state index contributed by atoms with van der Waals surface area (Å²) >= 11 is 5.86. The van der Waals surface area contributed by atoms with Gasteiger partial charge in [-0.15, -0.1) is 11.6 Å². The summed E-state index contributed by atoms with van der Waals surface area (Å²) in [5.74, 6) is -1.11. The monoisotopic (exact) mass is 413 g/mol. The predicted molar refractivity (Wildman–Crippen MR) is 105 cm³/mol. The Labute approximate surface area is 172 Å². The lowest BCUT2D eigenvalue weighted by molar-refractivity contribution is -0.151. The molecule has 0 fully saturated rings. The largest absolute Gasteiger partial charge is 0.480 e. The fourth-order valence-corrected chi connectivity index (χ4v) is 4.36. The summed E-state index contributed by atoms with van der Waals surface area (Å²) in [7, 11) is 0. The standard InChI is InChI=1S/C21H17ClN2O5/c22-9-18(25)24-15(21(26)27)8-13-12-3-1-2-4-14(12)23-19(13)20(24)11-5-6-16-17(7-11)29-10-28-16/h1-7,15,20,23H,8-10H2,(H,26,27)/i10D. The van der Waals surface area contributed by atoms with Crippen molar-refractivity contribution in [1.82, 2.24) is 9.88 Å². The van der Waals surface area contributed by atoms with Crippen molar-refractivity contribution in [3.63, 3.8) is 0 Å². The second kappa shape index (κ2) is 6.70. The molecule has 1 amide bonds. The van der Waals surface area contributed by atoms with Crippen molar-refractivity contribution >= 4 is 34.4 Å². The first-order valence-electron chi connectivity index (χ1n) is 9.64. The highest BCUT2D eigenvalue weighted by atomic mass is 35.5. The van der Waals surface area contributed by atoms with Crippen LogP contribution in [0.4, 0.5) is 0 Å². The van der Waals surface area contributed by atoms with Gasteiger partial charge < -0.3 is 24.5 Å². The van der Waals surface area contributed by atoms with Gasteiger partial charge in [0.25, 0.3) is 0 Å². The molecule has 3 heterocycles. The zero-order valence-electron chi connectivity index (χ0n) is 16.1. The molecule has 1 aromatic heterocycles. The average Bonchev–Trinajstić information content (AvgIpc) is 3.30. The Bertz CT molecular complexity index is 1180. The second-order valence-corrected chi connectivity index (χ2v) is 7.26. The molecule has 2 N–H and O–H groups in total. The molecule has 0 bridgehead atoms. The second-order valence-electron chi connectivity index (χ2n) is 7.00. The number of aromatic nitrogens is 1. The van der Waals surface area contributed by atoms with Crippen molar-refractivity contribution in [2.45, 2.75) is 18.5 Å². The Kier molecular flexibility index (Phi) is 3.87. The predicted octanol–water partition coefficient (Wildman–Crippen LogP) is 3.06. The van der Waals surface area contributed by atoms with Gasteiger partial charge in [-0.3, -0.25) is 4.79 Å². The number of benzene rings is 2. The fraction of sp³-hybridized carbons (Fsp3) is 0.238. The van der Waals surface area contributed by atoms with Crippen molar-refractivity contribution in [2.24, 2.45) is 0 Å². The Morgan fingerprint density at radius 2 is 2.03 bits per heavy atom. The van der Waals surface area contributed by atoms with E-state index in [1.54, 1.807) is 18.2 Å². The first kappa shape index (κ1) is 16.7. The average molecular weight is 414 g/mol. The normalized spacial score (nSPS) is 23.0. The van der Waals surface area contributed by atoms with Gasteiger partial charge in [-0.2, -0.15) is 0 Å². The lowest BCUT2D eigenvalue weighted by atomic mass is 9.88. The number of ether oxygens (including phenoxy) is 2. The number of H-pyrrole nitrogens is 1. The number of aliphatic carboxylic acids is 1. The van der Waals surface area contributed by atoms with Crippen LogP contribution in [-0.2, 0) is 16.0 Å². The molecule has 3 atom stereocenters. The van der Waals surface area contributed by atoms with Gasteiger partial charge in [0.1, 0.15) is 13.3 Å². The summed E-state index contributed by atoms with van der Waals surface area (Å²) in [5, 5.41) is 10.9. The number of nitrogens with one attached hydrogen (secondary N) is 1. The van der Waals surface area contributed by atoms with E-state index in [-0.39, 0.29) is 12.3 Å². The van der Waals surface area contributed by atoms with E-state index < -0.39 is 30.7 Å². The van der Waals surface area contributed by atoms with Crippen LogP contribution in [0.1, 0.15) is 24.2 Å². The van der Waals surface area contributed by atoms with Gasteiger partial charge in [0.15, 0.2) is 11.5 Å². The molecule has 2 aliphatic rings. The van der Waals surface area contributed by atoms with E-state index in [4.69, 9.17) is 22.4 Å². The summed E-state index contributed by atoms with van der Waals surface area (Å²) in [6, 6.07) is 11.0. The van der Waals surface area contributed by atoms with Crippen LogP contribution in [0, 0.1) is 0 Å². The summed E-state index contributed by atoms with van der Waals surface area (Å²) < 4.78 is 18.3. The third-order valence-electron chi connectivity index (χ3n) is 5.45. The van der Waals surface area contributed by atoms with E-state index in [0.717, 1.165) is 22.2 Å². The number of rotatable bonds is 3. The van der Waals surface area contributed by atoms with Crippen LogP contribution in [0.2, 0.25) is 0 Å². The highest BCUT2D eigenvalue weighted by Crippen LogP contribution is 2.43. The van der Waals surface area contributed by atoms with Gasteiger partial charge in [0.05, 0.1) is 6.04 Å². The summed E-state index contributed by atoms with van der Waals surface area (Å²) in [4.78, 5) is 29.6. The molecular weight excluding hydrogens is 396 g/mol. The zero-order chi connectivity index (χ0) is 21.0. The third-order valence-corrected chi connectivity index (χ3v) is 5.68. The minimum atomic E-state index is -1.16. The van der Waals surface area contributed by atoms with Gasteiger partial charge in [0.2, 0.25) is 12.7 Å². The molecule has 0 radical (unpaired) electrons. The third kappa shape index (κ3) is 2.73. The number of hydrogen-bond acceptors (Lipinski definition) is 4. The van der Waals surface area contributed by atoms with Crippen LogP contribution >= 0.6 is 11.6 Å². The van der Waals surface area contributed by atoms with Crippen LogP contribution in [-0.4, -0.2) is 45.6 Å². The lowest BCUT2D eigenvalue weighted by Gasteiger charge is -2.40. The molecular formula is C21H17ClN2O5. The topological polar surface area (TPSA) is 91.9 Å². The van der Waals surface area contributed by atoms with E-state index in [1.165, 1.54) is 4.90 Å². The SMILES string of the molecule is [2H]C1Oc2ccc(C3c4[nH]c5ccccc5c4CC(C(=O)O)N3C(=O)CCl)cc2O1. The first-order valence-corrected chi connectivity index (χ1v) is 9.60. The summed E-state index contributed by atoms with van der Waals surface area (Å²) in [5.41, 5.74) is 3.11. The van der Waals surface area contributed by atoms with Gasteiger partial charge in [0, 0.05) is 23.0 Å². The summed E-state index contributed by atoms with van der Waals surface area (Å²) in [6.45, 7) is -1.16. The Morgan fingerprint density at radius 3 is 2.83 bits per heavy atom. The summed E-state index contributed by atoms with van der Waals surface area (Å²) in [6.07, 6.45) is 0.174. The molecule has 148 valence electrons. The molecule has 2 aliphatic heterocycles. The Morgan fingerprint density at radius 1 is 1.24 bits per heavy atom. The molecule has 0 saturated heterocycles. The van der Waals surface area contributed by atoms with Gasteiger partial charge >= 0.3 is 5.97 Å². The van der Waals surface area contributed by atoms with Crippen LogP contribution in [0.3, 0.4) is 0 Å². The highest BCUT2D eigenvalue weighted by molar-refractivity contribution is 6.27. The molecule has 5 rings (SSSR count). The number of hydrogen-bond donors (Lipinski definition) is 2. The number of para-hydroxylation sites is 1. The van der Waals surface area contributed by atoms with Crippen LogP contribution in [0.25, 0.3) is 10.9 Å². The lowest BCUT2D eigenvalue weighted by Crippen LogP contribution is -2.52. The number of carboxylic acids is 1. The van der Waals surface area contributed by atoms with Crippen LogP contribution in [0.5, 0.6) is 11.5 Å². The van der Waals surface area contributed by atoms with E-state index >= 15 is 0 Å². The molecule has 2 aromatic carbocycles. The molecule has 29 heavy (non-hydrogen) atoms. The minimum absolute atomic E-state index is 0.174. The maximum Gasteiger partial charge on any atom is 0.326 e. The number of alkyl halides is 1. The van der Waals surface area contributed by atoms with E-state index in [1.807, 2.05) is 24.3 Å². The molecule has 0 saturated carbocycles. The molecule has 3 aromatic rings. The molecule has 7 nitrogen and oxygen atoms in total. The van der Waals surface area contributed by atoms with Crippen molar-refractivity contribution in [2.75, 3.05) is 12.6 Å². The quantitative estimate of drug-likeness (QED) is 0.644. The smallest absolute Gasteiger partial charge is 0.326 e. The van der Waals surface area contributed by atoms with Crippen molar-refractivity contribution < 1.29 is 25.5 Å². The molecule has 0 aliphatic carbocycles. The van der Waals surface area contributed by atoms with Crippen molar-refractivity contribution in [1.29, 1.82) is 0 Å². The van der Waals surface area contributed by atoms with E-state index in [0.29, 0.717) is 17.1 Å². The number of nitrogens with zero attached hydrogens (tertiary/aromatic N) is 1. The number of fused-ring (bicyclic) bond motifs is 4. The van der Waals surface area contributed by atoms with Gasteiger partial charge in [-0.25, -0.2) is 4.79 Å². The van der Waals surface area contributed by atoms with E-state index in [2.05, 4.69) is 4.98 Å². The maximum atomic E-state index is 12.8. The molecule has 3 unspecified atom stereocenters. The minimum Gasteiger partial charge on any atom is -0.480 e. The highest BCUT2D eigenvalue weighted by Gasteiger charge is 2.43. The molecule has 0 spiro atoms. The Balaban J connectivity index is 1.74. The number of amides is 1.